The molecule has 0 aliphatic carbocycles. The van der Waals surface area contributed by atoms with E-state index in [9.17, 15) is 4.79 Å². The fourth-order valence-corrected chi connectivity index (χ4v) is 1.64. The Hall–Kier alpha value is -0.980. The highest BCUT2D eigenvalue weighted by Gasteiger charge is 2.21. The van der Waals surface area contributed by atoms with Crippen molar-refractivity contribution < 1.29 is 9.53 Å². The van der Waals surface area contributed by atoms with Crippen LogP contribution < -0.4 is 10.6 Å². The maximum atomic E-state index is 11.7. The number of ether oxygens (including phenoxy) is 1. The molecule has 1 unspecified atom stereocenters. The zero-order valence-electron chi connectivity index (χ0n) is 8.57. The number of hydrogen-bond acceptors (Lipinski definition) is 4. The first kappa shape index (κ1) is 11.5. The minimum absolute atomic E-state index is 0.142. The van der Waals surface area contributed by atoms with Crippen LogP contribution in [0.1, 0.15) is 0 Å². The Labute approximate surface area is 102 Å². The third kappa shape index (κ3) is 3.01. The summed E-state index contributed by atoms with van der Waals surface area (Å²) in [5.74, 6) is -0.142. The second-order valence-corrected chi connectivity index (χ2v) is 4.23. The van der Waals surface area contributed by atoms with E-state index < -0.39 is 6.10 Å². The summed E-state index contributed by atoms with van der Waals surface area (Å²) in [5.41, 5.74) is 0.669. The zero-order chi connectivity index (χ0) is 11.4. The third-order valence-electron chi connectivity index (χ3n) is 2.21. The summed E-state index contributed by atoms with van der Waals surface area (Å²) in [7, 11) is 0. The Bertz CT molecular complexity index is 363. The lowest BCUT2D eigenvalue weighted by atomic mass is 10.3. The van der Waals surface area contributed by atoms with Crippen LogP contribution in [0.25, 0.3) is 0 Å². The van der Waals surface area contributed by atoms with Crippen LogP contribution in [-0.2, 0) is 9.53 Å². The van der Waals surface area contributed by atoms with Crippen molar-refractivity contribution in [3.05, 3.63) is 22.9 Å². The molecule has 1 aliphatic rings. The summed E-state index contributed by atoms with van der Waals surface area (Å²) in [5, 5.41) is 5.85. The number of nitrogens with zero attached hydrogens (tertiary/aromatic N) is 1. The van der Waals surface area contributed by atoms with E-state index in [1.54, 1.807) is 18.3 Å². The van der Waals surface area contributed by atoms with Gasteiger partial charge in [0.05, 0.1) is 18.5 Å². The van der Waals surface area contributed by atoms with Crippen molar-refractivity contribution in [2.45, 2.75) is 6.10 Å². The van der Waals surface area contributed by atoms with Gasteiger partial charge in [-0.2, -0.15) is 0 Å². The Kier molecular flexibility index (Phi) is 3.87. The molecule has 0 aromatic carbocycles. The van der Waals surface area contributed by atoms with Gasteiger partial charge in [0.2, 0.25) is 0 Å². The van der Waals surface area contributed by atoms with Gasteiger partial charge < -0.3 is 15.4 Å². The first-order valence-electron chi connectivity index (χ1n) is 5.00. The highest BCUT2D eigenvalue weighted by atomic mass is 79.9. The molecule has 86 valence electrons. The van der Waals surface area contributed by atoms with Gasteiger partial charge >= 0.3 is 0 Å². The Morgan fingerprint density at radius 2 is 2.50 bits per heavy atom. The number of hydrogen-bond donors (Lipinski definition) is 2. The van der Waals surface area contributed by atoms with Gasteiger partial charge in [0.15, 0.2) is 0 Å². The Morgan fingerprint density at radius 3 is 3.12 bits per heavy atom. The van der Waals surface area contributed by atoms with E-state index in [-0.39, 0.29) is 5.91 Å². The molecule has 2 heterocycles. The molecule has 6 heteroatoms. The van der Waals surface area contributed by atoms with Crippen molar-refractivity contribution in [3.63, 3.8) is 0 Å². The summed E-state index contributed by atoms with van der Waals surface area (Å²) in [4.78, 5) is 15.8. The van der Waals surface area contributed by atoms with Crippen molar-refractivity contribution in [1.29, 1.82) is 0 Å². The number of amides is 1. The molecule has 0 spiro atoms. The number of halogens is 1. The van der Waals surface area contributed by atoms with E-state index in [0.29, 0.717) is 18.8 Å². The molecule has 1 fully saturated rings. The monoisotopic (exact) mass is 285 g/mol. The molecule has 16 heavy (non-hydrogen) atoms. The smallest absolute Gasteiger partial charge is 0.254 e. The van der Waals surface area contributed by atoms with Gasteiger partial charge in [-0.3, -0.25) is 4.79 Å². The average molecular weight is 286 g/mol. The lowest BCUT2D eigenvalue weighted by Crippen LogP contribution is -2.45. The van der Waals surface area contributed by atoms with Crippen LogP contribution in [0, 0.1) is 0 Å². The number of anilines is 1. The number of nitrogens with one attached hydrogen (secondary N) is 2. The zero-order valence-corrected chi connectivity index (χ0v) is 10.2. The van der Waals surface area contributed by atoms with Crippen molar-refractivity contribution in [1.82, 2.24) is 10.3 Å². The third-order valence-corrected chi connectivity index (χ3v) is 2.68. The number of carbonyl (C=O) groups is 1. The van der Waals surface area contributed by atoms with Gasteiger partial charge in [0, 0.05) is 13.1 Å². The summed E-state index contributed by atoms with van der Waals surface area (Å²) in [6.07, 6.45) is 1.18. The second-order valence-electron chi connectivity index (χ2n) is 3.42. The van der Waals surface area contributed by atoms with Crippen LogP contribution >= 0.6 is 15.9 Å². The van der Waals surface area contributed by atoms with Crippen LogP contribution in [0.5, 0.6) is 0 Å². The van der Waals surface area contributed by atoms with Crippen LogP contribution in [0.3, 0.4) is 0 Å². The van der Waals surface area contributed by atoms with E-state index in [2.05, 4.69) is 31.5 Å². The summed E-state index contributed by atoms with van der Waals surface area (Å²) >= 11 is 3.23. The minimum Gasteiger partial charge on any atom is -0.366 e. The molecule has 1 amide bonds. The van der Waals surface area contributed by atoms with Gasteiger partial charge in [-0.25, -0.2) is 4.98 Å². The lowest BCUT2D eigenvalue weighted by molar-refractivity contribution is -0.128. The summed E-state index contributed by atoms with van der Waals surface area (Å²) in [6.45, 7) is 1.91. The molecular formula is C10H12BrN3O2. The molecule has 0 bridgehead atoms. The summed E-state index contributed by atoms with van der Waals surface area (Å²) < 4.78 is 6.07. The SMILES string of the molecule is O=C(Nc1ccc(Br)nc1)C1CNCCO1. The maximum Gasteiger partial charge on any atom is 0.254 e. The second kappa shape index (κ2) is 5.38. The molecule has 0 radical (unpaired) electrons. The van der Waals surface area contributed by atoms with Gasteiger partial charge in [-0.05, 0) is 28.1 Å². The van der Waals surface area contributed by atoms with Crippen molar-refractivity contribution >= 4 is 27.5 Å². The number of morpholine rings is 1. The summed E-state index contributed by atoms with van der Waals surface area (Å²) in [6, 6.07) is 3.56. The highest BCUT2D eigenvalue weighted by molar-refractivity contribution is 9.10. The average Bonchev–Trinajstić information content (AvgIpc) is 2.33. The number of rotatable bonds is 2. The van der Waals surface area contributed by atoms with Crippen molar-refractivity contribution in [2.24, 2.45) is 0 Å². The number of aromatic nitrogens is 1. The quantitative estimate of drug-likeness (QED) is 0.788. The molecule has 0 saturated carbocycles. The van der Waals surface area contributed by atoms with Crippen molar-refractivity contribution in [2.75, 3.05) is 25.0 Å². The molecule has 1 aliphatic heterocycles. The fourth-order valence-electron chi connectivity index (χ4n) is 1.41. The molecule has 5 nitrogen and oxygen atoms in total. The van der Waals surface area contributed by atoms with E-state index >= 15 is 0 Å². The molecular weight excluding hydrogens is 274 g/mol. The van der Waals surface area contributed by atoms with Gasteiger partial charge in [0.25, 0.3) is 5.91 Å². The van der Waals surface area contributed by atoms with Gasteiger partial charge in [-0.15, -0.1) is 0 Å². The largest absolute Gasteiger partial charge is 0.366 e. The van der Waals surface area contributed by atoms with Gasteiger partial charge in [0.1, 0.15) is 10.7 Å². The molecule has 1 aromatic rings. The van der Waals surface area contributed by atoms with E-state index in [1.807, 2.05) is 0 Å². The molecule has 2 N–H and O–H groups in total. The Morgan fingerprint density at radius 1 is 1.62 bits per heavy atom. The van der Waals surface area contributed by atoms with E-state index in [4.69, 9.17) is 4.74 Å². The van der Waals surface area contributed by atoms with E-state index in [1.165, 1.54) is 0 Å². The Balaban J connectivity index is 1.93. The van der Waals surface area contributed by atoms with Crippen LogP contribution in [0.4, 0.5) is 5.69 Å². The predicted octanol–water partition coefficient (Wildman–Crippen LogP) is 0.771. The maximum absolute atomic E-state index is 11.7. The van der Waals surface area contributed by atoms with Crippen LogP contribution in [0.15, 0.2) is 22.9 Å². The van der Waals surface area contributed by atoms with Crippen molar-refractivity contribution in [3.8, 4) is 0 Å². The first-order valence-corrected chi connectivity index (χ1v) is 5.80. The number of carbonyl (C=O) groups excluding carboxylic acids is 1. The first-order chi connectivity index (χ1) is 7.75. The van der Waals surface area contributed by atoms with Crippen LogP contribution in [-0.4, -0.2) is 36.7 Å². The normalized spacial score (nSPS) is 20.4. The lowest BCUT2D eigenvalue weighted by Gasteiger charge is -2.22. The molecule has 2 rings (SSSR count). The number of pyridine rings is 1. The highest BCUT2D eigenvalue weighted by Crippen LogP contribution is 2.11. The van der Waals surface area contributed by atoms with E-state index in [0.717, 1.165) is 11.1 Å². The minimum atomic E-state index is -0.419. The standard InChI is InChI=1S/C10H12BrN3O2/c11-9-2-1-7(5-13-9)14-10(15)8-6-12-3-4-16-8/h1-2,5,8,12H,3-4,6H2,(H,14,15). The topological polar surface area (TPSA) is 63.2 Å². The molecule has 1 aromatic heterocycles. The molecule has 1 saturated heterocycles. The predicted molar refractivity (Wildman–Crippen MR) is 63.2 cm³/mol. The molecule has 1 atom stereocenters. The fraction of sp³-hybridized carbons (Fsp3) is 0.400. The van der Waals surface area contributed by atoms with Gasteiger partial charge in [-0.1, -0.05) is 0 Å². The van der Waals surface area contributed by atoms with Crippen LogP contribution in [0.2, 0.25) is 0 Å².